The van der Waals surface area contributed by atoms with Crippen LogP contribution in [0.15, 0.2) is 70.2 Å². The first-order valence-electron chi connectivity index (χ1n) is 11.4. The predicted octanol–water partition coefficient (Wildman–Crippen LogP) is 4.25. The molecule has 1 N–H and O–H groups in total. The van der Waals surface area contributed by atoms with Crippen molar-refractivity contribution in [3.05, 3.63) is 82.8 Å². The van der Waals surface area contributed by atoms with Gasteiger partial charge < -0.3 is 9.73 Å². The molecule has 2 aliphatic rings. The van der Waals surface area contributed by atoms with E-state index in [1.54, 1.807) is 18.4 Å². The van der Waals surface area contributed by atoms with Crippen LogP contribution in [0.5, 0.6) is 0 Å². The number of para-hydroxylation sites is 1. The fourth-order valence-electron chi connectivity index (χ4n) is 4.75. The number of nitrogens with zero attached hydrogens (tertiary/aromatic N) is 2. The highest BCUT2D eigenvalue weighted by atomic mass is 35.5. The summed E-state index contributed by atoms with van der Waals surface area (Å²) in [6.07, 6.45) is 4.50. The molecule has 0 saturated carbocycles. The fraction of sp³-hybridized carbons (Fsp3) is 0.320. The smallest absolute Gasteiger partial charge is 0.265 e. The minimum absolute atomic E-state index is 0.0688. The molecular formula is C25H26ClN3O4S. The number of sulfonamides is 1. The van der Waals surface area contributed by atoms with Gasteiger partial charge in [-0.1, -0.05) is 29.8 Å². The normalized spacial score (nSPS) is 17.0. The Morgan fingerprint density at radius 1 is 1.06 bits per heavy atom. The molecule has 0 bridgehead atoms. The number of furan rings is 1. The van der Waals surface area contributed by atoms with E-state index < -0.39 is 10.0 Å². The number of hydrogen-bond acceptors (Lipinski definition) is 5. The van der Waals surface area contributed by atoms with E-state index in [9.17, 15) is 13.2 Å². The van der Waals surface area contributed by atoms with Gasteiger partial charge in [-0.25, -0.2) is 8.42 Å². The van der Waals surface area contributed by atoms with Gasteiger partial charge in [-0.3, -0.25) is 14.0 Å². The van der Waals surface area contributed by atoms with Crippen LogP contribution >= 0.6 is 11.6 Å². The Kier molecular flexibility index (Phi) is 6.38. The van der Waals surface area contributed by atoms with Crippen LogP contribution in [-0.4, -0.2) is 45.4 Å². The molecule has 1 saturated heterocycles. The zero-order valence-corrected chi connectivity index (χ0v) is 20.2. The topological polar surface area (TPSA) is 82.9 Å². The number of amides is 1. The van der Waals surface area contributed by atoms with Gasteiger partial charge in [0.05, 0.1) is 23.0 Å². The number of rotatable bonds is 7. The lowest BCUT2D eigenvalue weighted by Crippen LogP contribution is -2.36. The number of carbonyl (C=O) groups is 1. The predicted molar refractivity (Wildman–Crippen MR) is 131 cm³/mol. The summed E-state index contributed by atoms with van der Waals surface area (Å²) in [7, 11) is -3.92. The molecular weight excluding hydrogens is 474 g/mol. The highest BCUT2D eigenvalue weighted by molar-refractivity contribution is 7.93. The van der Waals surface area contributed by atoms with E-state index in [0.717, 1.165) is 37.3 Å². The van der Waals surface area contributed by atoms with Crippen molar-refractivity contribution in [3.63, 3.8) is 0 Å². The van der Waals surface area contributed by atoms with Crippen LogP contribution in [0.25, 0.3) is 0 Å². The van der Waals surface area contributed by atoms with Crippen molar-refractivity contribution < 1.29 is 17.6 Å². The molecule has 34 heavy (non-hydrogen) atoms. The molecule has 1 atom stereocenters. The number of likely N-dealkylation sites (tertiary alicyclic amines) is 1. The molecule has 5 rings (SSSR count). The molecule has 1 amide bonds. The van der Waals surface area contributed by atoms with Crippen molar-refractivity contribution in [2.45, 2.75) is 30.2 Å². The third-order valence-corrected chi connectivity index (χ3v) is 8.81. The lowest BCUT2D eigenvalue weighted by molar-refractivity contribution is 0.0933. The Morgan fingerprint density at radius 3 is 2.62 bits per heavy atom. The van der Waals surface area contributed by atoms with Gasteiger partial charge in [0.25, 0.3) is 15.9 Å². The maximum absolute atomic E-state index is 13.5. The summed E-state index contributed by atoms with van der Waals surface area (Å²) in [5, 5.41) is 3.04. The second-order valence-electron chi connectivity index (χ2n) is 8.59. The number of benzene rings is 2. The lowest BCUT2D eigenvalue weighted by Gasteiger charge is -2.26. The van der Waals surface area contributed by atoms with Gasteiger partial charge in [0, 0.05) is 18.7 Å². The van der Waals surface area contributed by atoms with Gasteiger partial charge in [0.2, 0.25) is 0 Å². The number of carbonyl (C=O) groups excluding carboxylic acids is 1. The second kappa shape index (κ2) is 9.44. The number of anilines is 1. The molecule has 3 heterocycles. The summed E-state index contributed by atoms with van der Waals surface area (Å²) >= 11 is 6.32. The van der Waals surface area contributed by atoms with Gasteiger partial charge in [-0.2, -0.15) is 0 Å². The molecule has 0 spiro atoms. The van der Waals surface area contributed by atoms with Gasteiger partial charge in [-0.05, 0) is 74.3 Å². The average molecular weight is 500 g/mol. The number of fused-ring (bicyclic) bond motifs is 1. The van der Waals surface area contributed by atoms with Crippen LogP contribution in [0.1, 0.15) is 40.6 Å². The Hall–Kier alpha value is -2.81. The number of hydrogen-bond donors (Lipinski definition) is 1. The summed E-state index contributed by atoms with van der Waals surface area (Å²) in [6, 6.07) is 15.5. The van der Waals surface area contributed by atoms with Crippen LogP contribution in [0, 0.1) is 0 Å². The minimum Gasteiger partial charge on any atom is -0.468 e. The average Bonchev–Trinajstić information content (AvgIpc) is 3.61. The summed E-state index contributed by atoms with van der Waals surface area (Å²) in [5.74, 6) is 0.444. The molecule has 178 valence electrons. The van der Waals surface area contributed by atoms with Crippen molar-refractivity contribution in [3.8, 4) is 0 Å². The van der Waals surface area contributed by atoms with E-state index in [4.69, 9.17) is 16.0 Å². The van der Waals surface area contributed by atoms with E-state index in [1.165, 1.54) is 16.4 Å². The molecule has 9 heteroatoms. The van der Waals surface area contributed by atoms with Crippen molar-refractivity contribution in [1.29, 1.82) is 0 Å². The first-order chi connectivity index (χ1) is 16.4. The van der Waals surface area contributed by atoms with Crippen molar-refractivity contribution in [2.75, 3.05) is 30.5 Å². The third kappa shape index (κ3) is 4.33. The Bertz CT molecular complexity index is 1290. The molecule has 2 aromatic carbocycles. The SMILES string of the molecule is O=C(NC[C@@H](c1ccco1)N1CCCC1)c1ccc(Cl)c(S(=O)(=O)N2CCc3ccccc32)c1. The minimum atomic E-state index is -3.92. The Balaban J connectivity index is 1.37. The maximum Gasteiger partial charge on any atom is 0.265 e. The fourth-order valence-corrected chi connectivity index (χ4v) is 6.76. The van der Waals surface area contributed by atoms with Crippen LogP contribution in [0.3, 0.4) is 0 Å². The third-order valence-electron chi connectivity index (χ3n) is 6.51. The Labute approximate surface area is 204 Å². The molecule has 0 unspecified atom stereocenters. The molecule has 1 aromatic heterocycles. The van der Waals surface area contributed by atoms with Gasteiger partial charge >= 0.3 is 0 Å². The van der Waals surface area contributed by atoms with Gasteiger partial charge in [0.1, 0.15) is 10.7 Å². The molecule has 0 radical (unpaired) electrons. The first kappa shape index (κ1) is 23.0. The summed E-state index contributed by atoms with van der Waals surface area (Å²) < 4.78 is 33.9. The summed E-state index contributed by atoms with van der Waals surface area (Å²) in [5.41, 5.74) is 1.87. The molecule has 0 aliphatic carbocycles. The highest BCUT2D eigenvalue weighted by Crippen LogP contribution is 2.35. The van der Waals surface area contributed by atoms with E-state index >= 15 is 0 Å². The van der Waals surface area contributed by atoms with E-state index in [1.807, 2.05) is 30.3 Å². The van der Waals surface area contributed by atoms with Crippen LogP contribution in [0.4, 0.5) is 5.69 Å². The van der Waals surface area contributed by atoms with Gasteiger partial charge in [-0.15, -0.1) is 0 Å². The maximum atomic E-state index is 13.5. The molecule has 3 aromatic rings. The molecule has 2 aliphatic heterocycles. The van der Waals surface area contributed by atoms with Crippen molar-refractivity contribution in [2.24, 2.45) is 0 Å². The van der Waals surface area contributed by atoms with Crippen molar-refractivity contribution in [1.82, 2.24) is 10.2 Å². The number of halogens is 1. The van der Waals surface area contributed by atoms with Crippen LogP contribution in [0.2, 0.25) is 5.02 Å². The monoisotopic (exact) mass is 499 g/mol. The van der Waals surface area contributed by atoms with Crippen molar-refractivity contribution >= 4 is 33.2 Å². The lowest BCUT2D eigenvalue weighted by atomic mass is 10.1. The van der Waals surface area contributed by atoms with Gasteiger partial charge in [0.15, 0.2) is 0 Å². The standard InChI is InChI=1S/C25H26ClN3O4S/c26-20-10-9-19(16-24(20)34(31,32)29-14-11-18-6-1-2-7-21(18)29)25(30)27-17-22(23-8-5-15-33-23)28-12-3-4-13-28/h1-2,5-10,15-16,22H,3-4,11-14,17H2,(H,27,30)/t22-/m0/s1. The summed E-state index contributed by atoms with van der Waals surface area (Å²) in [4.78, 5) is 15.3. The molecule has 7 nitrogen and oxygen atoms in total. The van der Waals surface area contributed by atoms with E-state index in [0.29, 0.717) is 25.2 Å². The first-order valence-corrected chi connectivity index (χ1v) is 13.2. The molecule has 1 fully saturated rings. The Morgan fingerprint density at radius 2 is 1.85 bits per heavy atom. The van der Waals surface area contributed by atoms with Crippen LogP contribution < -0.4 is 9.62 Å². The largest absolute Gasteiger partial charge is 0.468 e. The zero-order chi connectivity index (χ0) is 23.7. The van der Waals surface area contributed by atoms with Crippen LogP contribution in [-0.2, 0) is 16.4 Å². The second-order valence-corrected chi connectivity index (χ2v) is 10.8. The van der Waals surface area contributed by atoms with E-state index in [2.05, 4.69) is 10.2 Å². The zero-order valence-electron chi connectivity index (χ0n) is 18.6. The van der Waals surface area contributed by atoms with E-state index in [-0.39, 0.29) is 27.4 Å². The quantitative estimate of drug-likeness (QED) is 0.525. The summed E-state index contributed by atoms with van der Waals surface area (Å²) in [6.45, 7) is 2.59. The number of nitrogens with one attached hydrogen (secondary N) is 1. The highest BCUT2D eigenvalue weighted by Gasteiger charge is 2.33.